The number of nitrogens with zero attached hydrogens (tertiary/aromatic N) is 2. The molecule has 9 nitrogen and oxygen atoms in total. The van der Waals surface area contributed by atoms with Crippen LogP contribution in [0.4, 0.5) is 4.39 Å². The monoisotopic (exact) mass is 495 g/mol. The Morgan fingerprint density at radius 3 is 2.42 bits per heavy atom. The van der Waals surface area contributed by atoms with Gasteiger partial charge in [-0.1, -0.05) is 24.3 Å². The van der Waals surface area contributed by atoms with Gasteiger partial charge in [-0.25, -0.2) is 14.1 Å². The minimum atomic E-state index is -0.655. The van der Waals surface area contributed by atoms with Gasteiger partial charge in [-0.05, 0) is 49.4 Å². The van der Waals surface area contributed by atoms with E-state index in [1.54, 1.807) is 19.2 Å². The van der Waals surface area contributed by atoms with Gasteiger partial charge < -0.3 is 26.4 Å². The van der Waals surface area contributed by atoms with Gasteiger partial charge in [-0.2, -0.15) is 0 Å². The molecule has 3 aromatic rings. The summed E-state index contributed by atoms with van der Waals surface area (Å²) in [6.07, 6.45) is 3.75. The second-order valence-corrected chi connectivity index (χ2v) is 8.84. The van der Waals surface area contributed by atoms with Crippen molar-refractivity contribution in [3.05, 3.63) is 70.9 Å². The fraction of sp³-hybridized carbons (Fsp3) is 0.346. The van der Waals surface area contributed by atoms with Crippen LogP contribution in [0.5, 0.6) is 5.75 Å². The highest BCUT2D eigenvalue weighted by Gasteiger charge is 2.29. The molecule has 36 heavy (non-hydrogen) atoms. The summed E-state index contributed by atoms with van der Waals surface area (Å²) in [6, 6.07) is 11.0. The Bertz CT molecular complexity index is 1250. The topological polar surface area (TPSA) is 134 Å². The van der Waals surface area contributed by atoms with Crippen LogP contribution in [0.2, 0.25) is 0 Å². The number of hydrogen-bond acceptors (Lipinski definition) is 6. The predicted molar refractivity (Wildman–Crippen MR) is 132 cm³/mol. The van der Waals surface area contributed by atoms with Crippen LogP contribution >= 0.6 is 0 Å². The van der Waals surface area contributed by atoms with Gasteiger partial charge in [0.25, 0.3) is 11.8 Å². The summed E-state index contributed by atoms with van der Waals surface area (Å²) in [5, 5.41) is 2.76. The van der Waals surface area contributed by atoms with Crippen molar-refractivity contribution in [1.82, 2.24) is 15.0 Å². The molecule has 0 spiro atoms. The lowest BCUT2D eigenvalue weighted by molar-refractivity contribution is 0.0649. The minimum absolute atomic E-state index is 0.112. The molecule has 1 heterocycles. The van der Waals surface area contributed by atoms with Crippen molar-refractivity contribution in [2.75, 3.05) is 20.1 Å². The molecule has 2 amide bonds. The van der Waals surface area contributed by atoms with E-state index < -0.39 is 17.6 Å². The van der Waals surface area contributed by atoms with Crippen molar-refractivity contribution in [3.8, 4) is 17.0 Å². The van der Waals surface area contributed by atoms with Crippen LogP contribution in [0.25, 0.3) is 11.3 Å². The van der Waals surface area contributed by atoms with Crippen molar-refractivity contribution >= 4 is 11.8 Å². The highest BCUT2D eigenvalue weighted by Crippen LogP contribution is 2.35. The number of methoxy groups -OCH3 is 2. The molecule has 1 fully saturated rings. The van der Waals surface area contributed by atoms with Crippen molar-refractivity contribution in [3.63, 3.8) is 0 Å². The molecular weight excluding hydrogens is 465 g/mol. The van der Waals surface area contributed by atoms with Crippen LogP contribution in [0.1, 0.15) is 63.8 Å². The summed E-state index contributed by atoms with van der Waals surface area (Å²) >= 11 is 0. The highest BCUT2D eigenvalue weighted by atomic mass is 19.1. The summed E-state index contributed by atoms with van der Waals surface area (Å²) in [5.41, 5.74) is 7.82. The van der Waals surface area contributed by atoms with Gasteiger partial charge in [0.1, 0.15) is 23.1 Å². The quantitative estimate of drug-likeness (QED) is 0.411. The minimum Gasteiger partial charge on any atom is -0.496 e. The molecule has 1 aliphatic rings. The average Bonchev–Trinajstić information content (AvgIpc) is 3.24. The first-order valence-corrected chi connectivity index (χ1v) is 11.7. The Morgan fingerprint density at radius 1 is 1.11 bits per heavy atom. The van der Waals surface area contributed by atoms with E-state index in [0.717, 1.165) is 37.3 Å². The average molecular weight is 496 g/mol. The molecule has 1 aliphatic carbocycles. The lowest BCUT2D eigenvalue weighted by Gasteiger charge is -2.26. The SMILES string of the molecule is COc1ccc(F)cc1C(=O)NCc1ccc(-c2nc(C3CCC(OC)CC3)n(N)c2C(N)=O)cc1. The van der Waals surface area contributed by atoms with E-state index in [-0.39, 0.29) is 35.6 Å². The van der Waals surface area contributed by atoms with Crippen molar-refractivity contribution in [2.45, 2.75) is 44.2 Å². The Balaban J connectivity index is 1.51. The first-order valence-electron chi connectivity index (χ1n) is 11.7. The molecule has 0 aliphatic heterocycles. The summed E-state index contributed by atoms with van der Waals surface area (Å²) < 4.78 is 25.5. The van der Waals surface area contributed by atoms with Gasteiger partial charge in [-0.3, -0.25) is 9.59 Å². The maximum atomic E-state index is 13.6. The second-order valence-electron chi connectivity index (χ2n) is 8.84. The van der Waals surface area contributed by atoms with Crippen LogP contribution in [-0.2, 0) is 11.3 Å². The van der Waals surface area contributed by atoms with Crippen molar-refractivity contribution in [1.29, 1.82) is 0 Å². The number of benzene rings is 2. The summed E-state index contributed by atoms with van der Waals surface area (Å²) in [7, 11) is 3.13. The van der Waals surface area contributed by atoms with Crippen LogP contribution in [0.3, 0.4) is 0 Å². The van der Waals surface area contributed by atoms with Crippen LogP contribution in [0.15, 0.2) is 42.5 Å². The molecule has 1 aromatic heterocycles. The van der Waals surface area contributed by atoms with Gasteiger partial charge >= 0.3 is 0 Å². The molecule has 2 aromatic carbocycles. The number of carbonyl (C=O) groups is 2. The number of ether oxygens (including phenoxy) is 2. The molecule has 10 heteroatoms. The van der Waals surface area contributed by atoms with E-state index in [0.29, 0.717) is 17.1 Å². The zero-order valence-corrected chi connectivity index (χ0v) is 20.3. The number of hydrogen-bond donors (Lipinski definition) is 3. The maximum Gasteiger partial charge on any atom is 0.269 e. The number of aromatic nitrogens is 2. The number of amides is 2. The van der Waals surface area contributed by atoms with Crippen LogP contribution in [0, 0.1) is 5.82 Å². The Hall–Kier alpha value is -3.92. The van der Waals surface area contributed by atoms with Gasteiger partial charge in [0.15, 0.2) is 5.69 Å². The Kier molecular flexibility index (Phi) is 7.54. The largest absolute Gasteiger partial charge is 0.496 e. The van der Waals surface area contributed by atoms with E-state index in [1.807, 2.05) is 12.1 Å². The first kappa shape index (κ1) is 25.2. The summed E-state index contributed by atoms with van der Waals surface area (Å²) in [6.45, 7) is 0.209. The zero-order valence-electron chi connectivity index (χ0n) is 20.3. The lowest BCUT2D eigenvalue weighted by atomic mass is 9.87. The summed E-state index contributed by atoms with van der Waals surface area (Å²) in [5.74, 6) is 5.67. The predicted octanol–water partition coefficient (Wildman–Crippen LogP) is 3.11. The van der Waals surface area contributed by atoms with Gasteiger partial charge in [0, 0.05) is 25.1 Å². The molecule has 0 saturated heterocycles. The van der Waals surface area contributed by atoms with E-state index >= 15 is 0 Å². The number of primary amides is 1. The Morgan fingerprint density at radius 2 is 1.81 bits per heavy atom. The van der Waals surface area contributed by atoms with Crippen molar-refractivity contribution in [2.24, 2.45) is 5.73 Å². The first-order chi connectivity index (χ1) is 17.3. The second kappa shape index (κ2) is 10.8. The molecule has 5 N–H and O–H groups in total. The molecular formula is C26H30FN5O4. The van der Waals surface area contributed by atoms with E-state index in [2.05, 4.69) is 5.32 Å². The molecule has 190 valence electrons. The molecule has 4 rings (SSSR count). The molecule has 0 radical (unpaired) electrons. The third kappa shape index (κ3) is 5.18. The number of halogens is 1. The number of carbonyl (C=O) groups excluding carboxylic acids is 2. The van der Waals surface area contributed by atoms with Gasteiger partial charge in [0.2, 0.25) is 0 Å². The number of nitrogen functional groups attached to an aromatic ring is 1. The number of nitrogens with one attached hydrogen (secondary N) is 1. The highest BCUT2D eigenvalue weighted by molar-refractivity contribution is 5.98. The van der Waals surface area contributed by atoms with Crippen LogP contribution < -0.4 is 21.6 Å². The summed E-state index contributed by atoms with van der Waals surface area (Å²) in [4.78, 5) is 29.5. The Labute approximate surface area is 208 Å². The smallest absolute Gasteiger partial charge is 0.269 e. The fourth-order valence-electron chi connectivity index (χ4n) is 4.65. The van der Waals surface area contributed by atoms with E-state index in [1.165, 1.54) is 23.9 Å². The number of nitrogens with two attached hydrogens (primary N) is 2. The normalized spacial score (nSPS) is 17.5. The number of rotatable bonds is 8. The fourth-order valence-corrected chi connectivity index (χ4v) is 4.65. The van der Waals surface area contributed by atoms with E-state index in [9.17, 15) is 14.0 Å². The molecule has 0 unspecified atom stereocenters. The van der Waals surface area contributed by atoms with Gasteiger partial charge in [-0.15, -0.1) is 0 Å². The molecule has 1 saturated carbocycles. The number of imidazole rings is 1. The molecule has 0 bridgehead atoms. The maximum absolute atomic E-state index is 13.6. The van der Waals surface area contributed by atoms with Gasteiger partial charge in [0.05, 0.1) is 18.8 Å². The van der Waals surface area contributed by atoms with Crippen LogP contribution in [-0.4, -0.2) is 41.8 Å². The van der Waals surface area contributed by atoms with Crippen molar-refractivity contribution < 1.29 is 23.5 Å². The molecule has 0 atom stereocenters. The third-order valence-electron chi connectivity index (χ3n) is 6.63. The zero-order chi connectivity index (χ0) is 25.8. The third-order valence-corrected chi connectivity index (χ3v) is 6.63. The standard InChI is InChI=1S/C26H30FN5O4/c1-35-19-10-7-17(8-11-19)25-31-22(23(24(28)33)32(25)29)16-5-3-15(4-6-16)14-30-26(34)20-13-18(27)9-12-21(20)36-2/h3-6,9,12-13,17,19H,7-8,10-11,14,29H2,1-2H3,(H2,28,33)(H,30,34). The lowest BCUT2D eigenvalue weighted by Crippen LogP contribution is -2.27. The van der Waals surface area contributed by atoms with E-state index in [4.69, 9.17) is 26.0 Å².